The van der Waals surface area contributed by atoms with Crippen LogP contribution in [0, 0.1) is 6.92 Å². The van der Waals surface area contributed by atoms with E-state index in [1.807, 2.05) is 19.1 Å². The van der Waals surface area contributed by atoms with Gasteiger partial charge in [-0.05, 0) is 25.1 Å². The molecule has 114 valence electrons. The Morgan fingerprint density at radius 3 is 2.64 bits per heavy atom. The summed E-state index contributed by atoms with van der Waals surface area (Å²) in [4.78, 5) is 23.5. The molecule has 0 heterocycles. The minimum Gasteiger partial charge on any atom is -0.459 e. The SMILES string of the molecule is Cc1cccc(C(=O)NCC(=O)OCc2ccccc2Cl)c1. The average Bonchev–Trinajstić information content (AvgIpc) is 2.52. The lowest BCUT2D eigenvalue weighted by Gasteiger charge is -2.08. The van der Waals surface area contributed by atoms with E-state index in [-0.39, 0.29) is 19.1 Å². The van der Waals surface area contributed by atoms with Crippen LogP contribution in [0.15, 0.2) is 48.5 Å². The van der Waals surface area contributed by atoms with E-state index in [2.05, 4.69) is 5.32 Å². The predicted octanol–water partition coefficient (Wildman–Crippen LogP) is 3.12. The lowest BCUT2D eigenvalue weighted by Crippen LogP contribution is -2.30. The van der Waals surface area contributed by atoms with Crippen molar-refractivity contribution in [2.45, 2.75) is 13.5 Å². The number of rotatable bonds is 5. The van der Waals surface area contributed by atoms with Gasteiger partial charge in [0, 0.05) is 16.1 Å². The Balaban J connectivity index is 1.81. The number of benzene rings is 2. The van der Waals surface area contributed by atoms with Gasteiger partial charge >= 0.3 is 5.97 Å². The molecule has 0 atom stereocenters. The van der Waals surface area contributed by atoms with Crippen molar-refractivity contribution < 1.29 is 14.3 Å². The second-order valence-corrected chi connectivity index (χ2v) is 5.21. The molecule has 0 aliphatic carbocycles. The normalized spacial score (nSPS) is 10.1. The second-order valence-electron chi connectivity index (χ2n) is 4.80. The van der Waals surface area contributed by atoms with Gasteiger partial charge in [-0.3, -0.25) is 9.59 Å². The van der Waals surface area contributed by atoms with Crippen LogP contribution in [-0.4, -0.2) is 18.4 Å². The number of esters is 1. The Labute approximate surface area is 134 Å². The fourth-order valence-corrected chi connectivity index (χ4v) is 2.06. The van der Waals surface area contributed by atoms with E-state index >= 15 is 0 Å². The number of halogens is 1. The Bertz CT molecular complexity index is 685. The number of hydrogen-bond acceptors (Lipinski definition) is 3. The first-order chi connectivity index (χ1) is 10.6. The van der Waals surface area contributed by atoms with Crippen molar-refractivity contribution in [3.05, 3.63) is 70.2 Å². The number of aryl methyl sites for hydroxylation is 1. The summed E-state index contributed by atoms with van der Waals surface area (Å²) in [5.41, 5.74) is 2.22. The van der Waals surface area contributed by atoms with Gasteiger partial charge in [0.25, 0.3) is 5.91 Å². The van der Waals surface area contributed by atoms with Crippen molar-refractivity contribution in [3.8, 4) is 0 Å². The van der Waals surface area contributed by atoms with Crippen molar-refractivity contribution in [1.29, 1.82) is 0 Å². The van der Waals surface area contributed by atoms with Crippen molar-refractivity contribution in [2.75, 3.05) is 6.54 Å². The summed E-state index contributed by atoms with van der Waals surface area (Å²) in [6, 6.07) is 14.3. The standard InChI is InChI=1S/C17H16ClNO3/c1-12-5-4-7-13(9-12)17(21)19-10-16(20)22-11-14-6-2-3-8-15(14)18/h2-9H,10-11H2,1H3,(H,19,21). The summed E-state index contributed by atoms with van der Waals surface area (Å²) in [5, 5.41) is 3.07. The molecule has 0 aliphatic rings. The van der Waals surface area contributed by atoms with Gasteiger partial charge in [0.2, 0.25) is 0 Å². The van der Waals surface area contributed by atoms with Crippen LogP contribution in [0.3, 0.4) is 0 Å². The zero-order valence-electron chi connectivity index (χ0n) is 12.1. The van der Waals surface area contributed by atoms with Crippen molar-refractivity contribution in [3.63, 3.8) is 0 Å². The number of ether oxygens (including phenoxy) is 1. The van der Waals surface area contributed by atoms with Gasteiger partial charge < -0.3 is 10.1 Å². The van der Waals surface area contributed by atoms with Crippen LogP contribution in [0.2, 0.25) is 5.02 Å². The zero-order valence-corrected chi connectivity index (χ0v) is 12.9. The van der Waals surface area contributed by atoms with E-state index in [4.69, 9.17) is 16.3 Å². The molecule has 5 heteroatoms. The summed E-state index contributed by atoms with van der Waals surface area (Å²) in [7, 11) is 0. The maximum absolute atomic E-state index is 11.9. The van der Waals surface area contributed by atoms with E-state index in [0.717, 1.165) is 11.1 Å². The molecular weight excluding hydrogens is 302 g/mol. The number of nitrogens with one attached hydrogen (secondary N) is 1. The fourth-order valence-electron chi connectivity index (χ4n) is 1.87. The molecule has 0 aromatic heterocycles. The van der Waals surface area contributed by atoms with E-state index < -0.39 is 5.97 Å². The van der Waals surface area contributed by atoms with E-state index in [1.165, 1.54) is 0 Å². The van der Waals surface area contributed by atoms with Crippen molar-refractivity contribution in [1.82, 2.24) is 5.32 Å². The van der Waals surface area contributed by atoms with Gasteiger partial charge in [-0.2, -0.15) is 0 Å². The van der Waals surface area contributed by atoms with Crippen molar-refractivity contribution in [2.24, 2.45) is 0 Å². The highest BCUT2D eigenvalue weighted by Gasteiger charge is 2.09. The predicted molar refractivity (Wildman–Crippen MR) is 84.8 cm³/mol. The Morgan fingerprint density at radius 2 is 1.91 bits per heavy atom. The average molecular weight is 318 g/mol. The van der Waals surface area contributed by atoms with Crippen LogP contribution >= 0.6 is 11.6 Å². The lowest BCUT2D eigenvalue weighted by atomic mass is 10.1. The summed E-state index contributed by atoms with van der Waals surface area (Å²) in [6.07, 6.45) is 0. The highest BCUT2D eigenvalue weighted by atomic mass is 35.5. The molecule has 0 spiro atoms. The number of amides is 1. The summed E-state index contributed by atoms with van der Waals surface area (Å²) in [5.74, 6) is -0.820. The molecule has 2 aromatic carbocycles. The Hall–Kier alpha value is -2.33. The highest BCUT2D eigenvalue weighted by molar-refractivity contribution is 6.31. The van der Waals surface area contributed by atoms with E-state index in [9.17, 15) is 9.59 Å². The first-order valence-electron chi connectivity index (χ1n) is 6.80. The topological polar surface area (TPSA) is 55.4 Å². The van der Waals surface area contributed by atoms with E-state index in [0.29, 0.717) is 10.6 Å². The quantitative estimate of drug-likeness (QED) is 0.862. The molecule has 0 radical (unpaired) electrons. The molecule has 0 fully saturated rings. The molecular formula is C17H16ClNO3. The van der Waals surface area contributed by atoms with Gasteiger partial charge in [0.1, 0.15) is 13.2 Å². The largest absolute Gasteiger partial charge is 0.459 e. The molecule has 0 bridgehead atoms. The molecule has 1 amide bonds. The zero-order chi connectivity index (χ0) is 15.9. The third-order valence-corrected chi connectivity index (χ3v) is 3.39. The number of carbonyl (C=O) groups is 2. The molecule has 0 unspecified atom stereocenters. The molecule has 2 rings (SSSR count). The molecule has 0 saturated carbocycles. The fraction of sp³-hybridized carbons (Fsp3) is 0.176. The van der Waals surface area contributed by atoms with Crippen LogP contribution in [0.4, 0.5) is 0 Å². The van der Waals surface area contributed by atoms with Gasteiger partial charge in [-0.15, -0.1) is 0 Å². The Morgan fingerprint density at radius 1 is 1.14 bits per heavy atom. The van der Waals surface area contributed by atoms with Crippen LogP contribution < -0.4 is 5.32 Å². The van der Waals surface area contributed by atoms with Crippen LogP contribution in [-0.2, 0) is 16.1 Å². The van der Waals surface area contributed by atoms with E-state index in [1.54, 1.807) is 36.4 Å². The minimum absolute atomic E-state index is 0.0822. The van der Waals surface area contributed by atoms with Gasteiger partial charge in [-0.25, -0.2) is 0 Å². The molecule has 2 aromatic rings. The van der Waals surface area contributed by atoms with Crippen LogP contribution in [0.1, 0.15) is 21.5 Å². The monoisotopic (exact) mass is 317 g/mol. The molecule has 22 heavy (non-hydrogen) atoms. The maximum atomic E-state index is 11.9. The third kappa shape index (κ3) is 4.60. The lowest BCUT2D eigenvalue weighted by molar-refractivity contribution is -0.143. The van der Waals surface area contributed by atoms with Crippen LogP contribution in [0.5, 0.6) is 0 Å². The molecule has 4 nitrogen and oxygen atoms in total. The molecule has 0 saturated heterocycles. The van der Waals surface area contributed by atoms with Gasteiger partial charge in [0.15, 0.2) is 0 Å². The van der Waals surface area contributed by atoms with Gasteiger partial charge in [-0.1, -0.05) is 47.5 Å². The second kappa shape index (κ2) is 7.61. The first-order valence-corrected chi connectivity index (χ1v) is 7.18. The maximum Gasteiger partial charge on any atom is 0.325 e. The number of carbonyl (C=O) groups excluding carboxylic acids is 2. The minimum atomic E-state index is -0.513. The highest BCUT2D eigenvalue weighted by Crippen LogP contribution is 2.15. The Kier molecular flexibility index (Phi) is 5.55. The molecule has 0 aliphatic heterocycles. The first kappa shape index (κ1) is 16.0. The summed E-state index contributed by atoms with van der Waals surface area (Å²) >= 11 is 5.97. The van der Waals surface area contributed by atoms with Gasteiger partial charge in [0.05, 0.1) is 0 Å². The number of hydrogen-bond donors (Lipinski definition) is 1. The molecule has 1 N–H and O–H groups in total. The smallest absolute Gasteiger partial charge is 0.325 e. The third-order valence-electron chi connectivity index (χ3n) is 3.02. The van der Waals surface area contributed by atoms with Crippen LogP contribution in [0.25, 0.3) is 0 Å². The summed E-state index contributed by atoms with van der Waals surface area (Å²) < 4.78 is 5.08. The summed E-state index contributed by atoms with van der Waals surface area (Å²) in [6.45, 7) is 1.80. The van der Waals surface area contributed by atoms with Crippen molar-refractivity contribution >= 4 is 23.5 Å².